The van der Waals surface area contributed by atoms with Gasteiger partial charge in [-0.05, 0) is 30.9 Å². The monoisotopic (exact) mass is 276 g/mol. The summed E-state index contributed by atoms with van der Waals surface area (Å²) in [5.74, 6) is -1.34. The second kappa shape index (κ2) is 4.58. The van der Waals surface area contributed by atoms with Crippen LogP contribution in [0.2, 0.25) is 0 Å². The predicted molar refractivity (Wildman–Crippen MR) is 74.6 cm³/mol. The Morgan fingerprint density at radius 3 is 2.80 bits per heavy atom. The molecule has 4 nitrogen and oxygen atoms in total. The number of amides is 1. The van der Waals surface area contributed by atoms with Crippen molar-refractivity contribution in [1.29, 1.82) is 0 Å². The highest BCUT2D eigenvalue weighted by atomic mass is 19.1. The number of nitrogens with zero attached hydrogens (tertiary/aromatic N) is 1. The van der Waals surface area contributed by atoms with Crippen molar-refractivity contribution in [2.75, 3.05) is 16.8 Å². The fourth-order valence-corrected chi connectivity index (χ4v) is 3.16. The van der Waals surface area contributed by atoms with Gasteiger partial charge in [-0.3, -0.25) is 9.59 Å². The Morgan fingerprint density at radius 2 is 2.10 bits per heavy atom. The van der Waals surface area contributed by atoms with Gasteiger partial charge in [-0.25, -0.2) is 4.39 Å². The normalized spacial score (nSPS) is 21.6. The quantitative estimate of drug-likeness (QED) is 0.845. The van der Waals surface area contributed by atoms with Crippen LogP contribution in [0.4, 0.5) is 15.8 Å². The summed E-state index contributed by atoms with van der Waals surface area (Å²) in [7, 11) is 0. The summed E-state index contributed by atoms with van der Waals surface area (Å²) in [5, 5.41) is 2.50. The zero-order valence-electron chi connectivity index (χ0n) is 11.6. The van der Waals surface area contributed by atoms with Gasteiger partial charge in [-0.2, -0.15) is 0 Å². The number of carbonyl (C=O) groups excluding carboxylic acids is 2. The first-order valence-corrected chi connectivity index (χ1v) is 6.95. The van der Waals surface area contributed by atoms with Gasteiger partial charge >= 0.3 is 0 Å². The van der Waals surface area contributed by atoms with E-state index in [0.717, 1.165) is 19.4 Å². The molecule has 1 aromatic carbocycles. The Labute approximate surface area is 117 Å². The molecule has 1 unspecified atom stereocenters. The molecule has 0 aromatic heterocycles. The molecular formula is C15H17FN2O2. The van der Waals surface area contributed by atoms with E-state index in [2.05, 4.69) is 24.1 Å². The van der Waals surface area contributed by atoms with Gasteiger partial charge in [-0.1, -0.05) is 13.8 Å². The Bertz CT molecular complexity index is 598. The van der Waals surface area contributed by atoms with E-state index >= 15 is 0 Å². The minimum absolute atomic E-state index is 0.136. The number of anilines is 2. The van der Waals surface area contributed by atoms with E-state index in [9.17, 15) is 14.0 Å². The summed E-state index contributed by atoms with van der Waals surface area (Å²) in [6, 6.07) is 3.07. The highest BCUT2D eigenvalue weighted by Gasteiger charge is 2.33. The molecule has 0 bridgehead atoms. The SMILES string of the molecule is CC(C)C1CCCN1c1cc2c(cc1F)C(=O)C(=O)N2. The van der Waals surface area contributed by atoms with Gasteiger partial charge in [0, 0.05) is 12.6 Å². The van der Waals surface area contributed by atoms with Crippen molar-refractivity contribution in [3.8, 4) is 0 Å². The van der Waals surface area contributed by atoms with Crippen molar-refractivity contribution >= 4 is 23.1 Å². The fraction of sp³-hybridized carbons (Fsp3) is 0.467. The van der Waals surface area contributed by atoms with Crippen molar-refractivity contribution < 1.29 is 14.0 Å². The van der Waals surface area contributed by atoms with Gasteiger partial charge in [0.25, 0.3) is 11.7 Å². The zero-order valence-corrected chi connectivity index (χ0v) is 11.6. The molecular weight excluding hydrogens is 259 g/mol. The first-order valence-electron chi connectivity index (χ1n) is 6.95. The molecule has 2 aliphatic rings. The molecule has 1 amide bonds. The van der Waals surface area contributed by atoms with Gasteiger partial charge in [-0.15, -0.1) is 0 Å². The van der Waals surface area contributed by atoms with Crippen LogP contribution in [0, 0.1) is 11.7 Å². The minimum Gasteiger partial charge on any atom is -0.366 e. The number of hydrogen-bond donors (Lipinski definition) is 1. The summed E-state index contributed by atoms with van der Waals surface area (Å²) in [4.78, 5) is 25.0. The highest BCUT2D eigenvalue weighted by molar-refractivity contribution is 6.51. The van der Waals surface area contributed by atoms with Crippen LogP contribution in [0.5, 0.6) is 0 Å². The van der Waals surface area contributed by atoms with Crippen molar-refractivity contribution in [1.82, 2.24) is 0 Å². The molecule has 106 valence electrons. The second-order valence-corrected chi connectivity index (χ2v) is 5.78. The van der Waals surface area contributed by atoms with Crippen LogP contribution < -0.4 is 10.2 Å². The highest BCUT2D eigenvalue weighted by Crippen LogP contribution is 2.36. The second-order valence-electron chi connectivity index (χ2n) is 5.78. The lowest BCUT2D eigenvalue weighted by Gasteiger charge is -2.30. The van der Waals surface area contributed by atoms with E-state index in [0.29, 0.717) is 23.3 Å². The summed E-state index contributed by atoms with van der Waals surface area (Å²) in [5.41, 5.74) is 1.04. The van der Waals surface area contributed by atoms with E-state index < -0.39 is 17.5 Å². The third-order valence-corrected chi connectivity index (χ3v) is 4.16. The number of benzene rings is 1. The summed E-state index contributed by atoms with van der Waals surface area (Å²) in [6.45, 7) is 5.06. The topological polar surface area (TPSA) is 49.4 Å². The molecule has 0 radical (unpaired) electrons. The largest absolute Gasteiger partial charge is 0.366 e. The first-order chi connectivity index (χ1) is 9.49. The molecule has 2 aliphatic heterocycles. The molecule has 1 fully saturated rings. The summed E-state index contributed by atoms with van der Waals surface area (Å²) < 4.78 is 14.3. The maximum atomic E-state index is 14.3. The molecule has 1 N–H and O–H groups in total. The number of fused-ring (bicyclic) bond motifs is 1. The smallest absolute Gasteiger partial charge is 0.296 e. The van der Waals surface area contributed by atoms with Gasteiger partial charge in [0.05, 0.1) is 16.9 Å². The molecule has 0 spiro atoms. The van der Waals surface area contributed by atoms with Gasteiger partial charge in [0.1, 0.15) is 5.82 Å². The Hall–Kier alpha value is -1.91. The molecule has 0 saturated carbocycles. The van der Waals surface area contributed by atoms with Crippen molar-refractivity contribution in [3.63, 3.8) is 0 Å². The third-order valence-electron chi connectivity index (χ3n) is 4.16. The Kier molecular flexibility index (Phi) is 3.00. The van der Waals surface area contributed by atoms with Crippen molar-refractivity contribution in [3.05, 3.63) is 23.5 Å². The third kappa shape index (κ3) is 1.88. The Balaban J connectivity index is 2.02. The lowest BCUT2D eigenvalue weighted by Crippen LogP contribution is -2.34. The maximum Gasteiger partial charge on any atom is 0.296 e. The van der Waals surface area contributed by atoms with Crippen LogP contribution in [0.3, 0.4) is 0 Å². The van der Waals surface area contributed by atoms with Gasteiger partial charge < -0.3 is 10.2 Å². The number of rotatable bonds is 2. The van der Waals surface area contributed by atoms with E-state index in [-0.39, 0.29) is 5.56 Å². The molecule has 1 aromatic rings. The number of ketones is 1. The minimum atomic E-state index is -0.682. The number of halogens is 1. The standard InChI is InChI=1S/C15H17FN2O2/c1-8(2)12-4-3-5-18(12)13-7-11-9(6-10(13)16)14(19)15(20)17-11/h6-8,12H,3-5H2,1-2H3,(H,17,19,20). The molecule has 1 saturated heterocycles. The van der Waals surface area contributed by atoms with Crippen LogP contribution in [-0.4, -0.2) is 24.3 Å². The number of carbonyl (C=O) groups is 2. The molecule has 3 rings (SSSR count). The number of Topliss-reactive ketones (excluding diaryl/α,β-unsaturated/α-hetero) is 1. The summed E-state index contributed by atoms with van der Waals surface area (Å²) >= 11 is 0. The van der Waals surface area contributed by atoms with Gasteiger partial charge in [0.15, 0.2) is 0 Å². The van der Waals surface area contributed by atoms with Crippen LogP contribution in [0.15, 0.2) is 12.1 Å². The van der Waals surface area contributed by atoms with Crippen LogP contribution in [-0.2, 0) is 4.79 Å². The predicted octanol–water partition coefficient (Wildman–Crippen LogP) is 2.59. The Morgan fingerprint density at radius 1 is 1.35 bits per heavy atom. The van der Waals surface area contributed by atoms with Crippen LogP contribution >= 0.6 is 0 Å². The average Bonchev–Trinajstić information content (AvgIpc) is 2.97. The fourth-order valence-electron chi connectivity index (χ4n) is 3.16. The number of hydrogen-bond acceptors (Lipinski definition) is 3. The van der Waals surface area contributed by atoms with Crippen LogP contribution in [0.25, 0.3) is 0 Å². The van der Waals surface area contributed by atoms with E-state index in [1.165, 1.54) is 6.07 Å². The lowest BCUT2D eigenvalue weighted by molar-refractivity contribution is -0.112. The zero-order chi connectivity index (χ0) is 14.4. The molecule has 5 heteroatoms. The average molecular weight is 276 g/mol. The van der Waals surface area contributed by atoms with E-state index in [4.69, 9.17) is 0 Å². The molecule has 0 aliphatic carbocycles. The first kappa shape index (κ1) is 13.1. The van der Waals surface area contributed by atoms with E-state index in [1.54, 1.807) is 6.07 Å². The maximum absolute atomic E-state index is 14.3. The molecule has 2 heterocycles. The van der Waals surface area contributed by atoms with Gasteiger partial charge in [0.2, 0.25) is 0 Å². The molecule has 20 heavy (non-hydrogen) atoms. The summed E-state index contributed by atoms with van der Waals surface area (Å²) in [6.07, 6.45) is 2.07. The molecule has 1 atom stereocenters. The van der Waals surface area contributed by atoms with Crippen molar-refractivity contribution in [2.24, 2.45) is 5.92 Å². The number of nitrogens with one attached hydrogen (secondary N) is 1. The van der Waals surface area contributed by atoms with Crippen molar-refractivity contribution in [2.45, 2.75) is 32.7 Å². The van der Waals surface area contributed by atoms with E-state index in [1.807, 2.05) is 0 Å². The van der Waals surface area contributed by atoms with Crippen LogP contribution in [0.1, 0.15) is 37.0 Å². The lowest BCUT2D eigenvalue weighted by atomic mass is 10.0.